The number of nitrogens with one attached hydrogen (secondary N) is 1. The van der Waals surface area contributed by atoms with Crippen LogP contribution >= 0.6 is 11.8 Å². The van der Waals surface area contributed by atoms with Crippen molar-refractivity contribution < 1.29 is 9.53 Å². The molecule has 2 heterocycles. The fourth-order valence-corrected chi connectivity index (χ4v) is 2.42. The topological polar surface area (TPSA) is 90.1 Å². The summed E-state index contributed by atoms with van der Waals surface area (Å²) >= 11 is 1.33. The Labute approximate surface area is 113 Å². The van der Waals surface area contributed by atoms with Gasteiger partial charge in [-0.05, 0) is 23.9 Å². The van der Waals surface area contributed by atoms with Crippen molar-refractivity contribution in [2.45, 2.75) is 10.1 Å². The molecular weight excluding hydrogens is 264 g/mol. The molecule has 1 amide bonds. The molecule has 0 spiro atoms. The molecule has 96 valence electrons. The maximum Gasteiger partial charge on any atom is 0.262 e. The second-order valence-corrected chi connectivity index (χ2v) is 4.87. The van der Waals surface area contributed by atoms with Gasteiger partial charge in [-0.3, -0.25) is 4.79 Å². The summed E-state index contributed by atoms with van der Waals surface area (Å²) in [5, 5.41) is 3.33. The molecule has 2 aromatic rings. The van der Waals surface area contributed by atoms with Crippen molar-refractivity contribution in [1.82, 2.24) is 9.97 Å². The number of ether oxygens (including phenoxy) is 1. The highest BCUT2D eigenvalue weighted by molar-refractivity contribution is 7.99. The third-order valence-corrected chi connectivity index (χ3v) is 3.46. The van der Waals surface area contributed by atoms with E-state index >= 15 is 0 Å². The number of rotatable bonds is 2. The molecule has 0 radical (unpaired) electrons. The second kappa shape index (κ2) is 4.77. The fraction of sp³-hybridized carbons (Fsp3) is 0.0833. The Hall–Kier alpha value is -2.28. The molecule has 0 aliphatic carbocycles. The lowest BCUT2D eigenvalue weighted by atomic mass is 10.2. The summed E-state index contributed by atoms with van der Waals surface area (Å²) in [5.74, 6) is 0.402. The number of nitrogens with zero attached hydrogens (tertiary/aromatic N) is 2. The zero-order valence-corrected chi connectivity index (χ0v) is 10.6. The van der Waals surface area contributed by atoms with Crippen molar-refractivity contribution in [2.75, 3.05) is 17.7 Å². The van der Waals surface area contributed by atoms with Crippen molar-refractivity contribution in [3.05, 3.63) is 30.6 Å². The van der Waals surface area contributed by atoms with E-state index in [1.54, 1.807) is 30.6 Å². The van der Waals surface area contributed by atoms with Gasteiger partial charge in [0.2, 0.25) is 0 Å². The first kappa shape index (κ1) is 11.8. The Kier molecular flexibility index (Phi) is 2.96. The van der Waals surface area contributed by atoms with Crippen LogP contribution in [0.5, 0.6) is 5.75 Å². The Bertz CT molecular complexity index is 633. The molecular formula is C12H10N4O2S. The Morgan fingerprint density at radius 1 is 1.32 bits per heavy atom. The fourth-order valence-electron chi connectivity index (χ4n) is 1.65. The lowest BCUT2D eigenvalue weighted by Gasteiger charge is -2.19. The van der Waals surface area contributed by atoms with Gasteiger partial charge in [0.15, 0.2) is 11.8 Å². The number of hydrogen-bond donors (Lipinski definition) is 2. The summed E-state index contributed by atoms with van der Waals surface area (Å²) in [6.07, 6.45) is 3.32. The normalized spacial score (nSPS) is 13.4. The number of nitrogens with two attached hydrogens (primary N) is 1. The highest BCUT2D eigenvalue weighted by atomic mass is 32.2. The first-order chi connectivity index (χ1) is 9.22. The van der Waals surface area contributed by atoms with Gasteiger partial charge in [0.25, 0.3) is 5.91 Å². The summed E-state index contributed by atoms with van der Waals surface area (Å²) in [7, 11) is 0. The number of benzene rings is 1. The van der Waals surface area contributed by atoms with Crippen LogP contribution in [-0.2, 0) is 4.79 Å². The largest absolute Gasteiger partial charge is 0.482 e. The molecule has 0 unspecified atom stereocenters. The van der Waals surface area contributed by atoms with Gasteiger partial charge in [0.1, 0.15) is 5.75 Å². The third kappa shape index (κ3) is 2.45. The predicted octanol–water partition coefficient (Wildman–Crippen LogP) is 1.54. The lowest BCUT2D eigenvalue weighted by Crippen LogP contribution is -2.25. The summed E-state index contributed by atoms with van der Waals surface area (Å²) in [6, 6.07) is 5.21. The van der Waals surface area contributed by atoms with E-state index in [2.05, 4.69) is 15.3 Å². The molecule has 3 rings (SSSR count). The van der Waals surface area contributed by atoms with Gasteiger partial charge in [-0.25, -0.2) is 9.97 Å². The number of amides is 1. The molecule has 0 saturated heterocycles. The monoisotopic (exact) mass is 274 g/mol. The zero-order valence-electron chi connectivity index (χ0n) is 9.79. The Balaban J connectivity index is 1.94. The third-order valence-electron chi connectivity index (χ3n) is 2.49. The van der Waals surface area contributed by atoms with E-state index in [1.807, 2.05) is 0 Å². The molecule has 7 heteroatoms. The number of hydrogen-bond acceptors (Lipinski definition) is 6. The smallest absolute Gasteiger partial charge is 0.262 e. The molecule has 1 aliphatic heterocycles. The van der Waals surface area contributed by atoms with Crippen LogP contribution in [0.15, 0.2) is 40.6 Å². The van der Waals surface area contributed by atoms with E-state index in [-0.39, 0.29) is 12.5 Å². The van der Waals surface area contributed by atoms with Crippen molar-refractivity contribution in [3.8, 4) is 5.75 Å². The van der Waals surface area contributed by atoms with Crippen LogP contribution in [0.3, 0.4) is 0 Å². The van der Waals surface area contributed by atoms with Crippen LogP contribution in [0.2, 0.25) is 0 Å². The number of aromatic nitrogens is 2. The summed E-state index contributed by atoms with van der Waals surface area (Å²) in [5.41, 5.74) is 7.14. The standard InChI is InChI=1S/C12H10N4O2S/c13-7-4-9-8(16-11(17)6-18-9)5-10(7)19-12-14-2-1-3-15-12/h1-5H,6,13H2,(H,16,17). The van der Waals surface area contributed by atoms with Crippen molar-refractivity contribution in [3.63, 3.8) is 0 Å². The summed E-state index contributed by atoms with van der Waals surface area (Å²) < 4.78 is 5.29. The summed E-state index contributed by atoms with van der Waals surface area (Å²) in [6.45, 7) is 0.0146. The molecule has 0 fully saturated rings. The minimum atomic E-state index is -0.177. The Morgan fingerprint density at radius 3 is 2.89 bits per heavy atom. The molecule has 1 aromatic heterocycles. The first-order valence-corrected chi connectivity index (χ1v) is 6.35. The summed E-state index contributed by atoms with van der Waals surface area (Å²) in [4.78, 5) is 20.3. The molecule has 19 heavy (non-hydrogen) atoms. The average molecular weight is 274 g/mol. The minimum absolute atomic E-state index is 0.0146. The van der Waals surface area contributed by atoms with Gasteiger partial charge >= 0.3 is 0 Å². The number of carbonyl (C=O) groups excluding carboxylic acids is 1. The van der Waals surface area contributed by atoms with E-state index < -0.39 is 0 Å². The van der Waals surface area contributed by atoms with Crippen LogP contribution in [-0.4, -0.2) is 22.5 Å². The average Bonchev–Trinajstić information content (AvgIpc) is 2.41. The van der Waals surface area contributed by atoms with Gasteiger partial charge in [-0.2, -0.15) is 0 Å². The van der Waals surface area contributed by atoms with E-state index in [9.17, 15) is 4.79 Å². The highest BCUT2D eigenvalue weighted by Gasteiger charge is 2.18. The van der Waals surface area contributed by atoms with Crippen molar-refractivity contribution >= 4 is 29.0 Å². The molecule has 3 N–H and O–H groups in total. The van der Waals surface area contributed by atoms with Gasteiger partial charge in [-0.15, -0.1) is 0 Å². The quantitative estimate of drug-likeness (QED) is 0.637. The SMILES string of the molecule is Nc1cc2c(cc1Sc1ncccn1)NC(=O)CO2. The van der Waals surface area contributed by atoms with E-state index in [1.165, 1.54) is 11.8 Å². The number of fused-ring (bicyclic) bond motifs is 1. The van der Waals surface area contributed by atoms with Crippen molar-refractivity contribution in [2.24, 2.45) is 0 Å². The number of nitrogen functional groups attached to an aromatic ring is 1. The number of carbonyl (C=O) groups is 1. The molecule has 0 saturated carbocycles. The lowest BCUT2D eigenvalue weighted by molar-refractivity contribution is -0.118. The van der Waals surface area contributed by atoms with E-state index in [0.29, 0.717) is 22.3 Å². The first-order valence-electron chi connectivity index (χ1n) is 5.53. The van der Waals surface area contributed by atoms with Crippen LogP contribution in [0.4, 0.5) is 11.4 Å². The highest BCUT2D eigenvalue weighted by Crippen LogP contribution is 2.38. The van der Waals surface area contributed by atoms with Crippen molar-refractivity contribution in [1.29, 1.82) is 0 Å². The Morgan fingerprint density at radius 2 is 2.11 bits per heavy atom. The van der Waals surface area contributed by atoms with Crippen LogP contribution < -0.4 is 15.8 Å². The predicted molar refractivity (Wildman–Crippen MR) is 71.1 cm³/mol. The zero-order chi connectivity index (χ0) is 13.2. The van der Waals surface area contributed by atoms with Crippen LogP contribution in [0, 0.1) is 0 Å². The second-order valence-electron chi connectivity index (χ2n) is 3.86. The van der Waals surface area contributed by atoms with Crippen LogP contribution in [0.25, 0.3) is 0 Å². The maximum absolute atomic E-state index is 11.3. The van der Waals surface area contributed by atoms with Gasteiger partial charge in [-0.1, -0.05) is 0 Å². The van der Waals surface area contributed by atoms with Crippen LogP contribution in [0.1, 0.15) is 0 Å². The van der Waals surface area contributed by atoms with E-state index in [0.717, 1.165) is 4.90 Å². The van der Waals surface area contributed by atoms with E-state index in [4.69, 9.17) is 10.5 Å². The molecule has 1 aromatic carbocycles. The molecule has 0 atom stereocenters. The molecule has 0 bridgehead atoms. The number of anilines is 2. The minimum Gasteiger partial charge on any atom is -0.482 e. The van der Waals surface area contributed by atoms with Gasteiger partial charge in [0.05, 0.1) is 5.69 Å². The van der Waals surface area contributed by atoms with Gasteiger partial charge in [0, 0.05) is 29.0 Å². The van der Waals surface area contributed by atoms with Gasteiger partial charge < -0.3 is 15.8 Å². The molecule has 1 aliphatic rings. The maximum atomic E-state index is 11.3. The molecule has 6 nitrogen and oxygen atoms in total.